The lowest BCUT2D eigenvalue weighted by molar-refractivity contribution is 0.130. The molecule has 0 heterocycles. The highest BCUT2D eigenvalue weighted by atomic mass is 79.9. The van der Waals surface area contributed by atoms with Crippen molar-refractivity contribution in [2.45, 2.75) is 26.4 Å². The minimum atomic E-state index is -0.263. The first-order chi connectivity index (χ1) is 7.33. The quantitative estimate of drug-likeness (QED) is 0.380. The van der Waals surface area contributed by atoms with Crippen LogP contribution in [0.3, 0.4) is 0 Å². The van der Waals surface area contributed by atoms with Crippen LogP contribution < -0.4 is 10.5 Å². The molecule has 0 spiro atoms. The van der Waals surface area contributed by atoms with E-state index in [0.29, 0.717) is 5.56 Å². The number of rotatable bonds is 2. The molecule has 5 heteroatoms. The van der Waals surface area contributed by atoms with E-state index in [1.807, 2.05) is 20.8 Å². The van der Waals surface area contributed by atoms with Crippen molar-refractivity contribution in [1.29, 1.82) is 0 Å². The Morgan fingerprint density at radius 1 is 1.44 bits per heavy atom. The highest BCUT2D eigenvalue weighted by Gasteiger charge is 2.14. The van der Waals surface area contributed by atoms with E-state index in [2.05, 4.69) is 21.1 Å². The Kier molecular flexibility index (Phi) is 3.80. The van der Waals surface area contributed by atoms with Gasteiger partial charge in [0.05, 0.1) is 4.47 Å². The van der Waals surface area contributed by atoms with Crippen LogP contribution in [0, 0.1) is 0 Å². The van der Waals surface area contributed by atoms with E-state index in [1.54, 1.807) is 18.2 Å². The Labute approximate surface area is 103 Å². The van der Waals surface area contributed by atoms with E-state index in [0.717, 1.165) is 10.2 Å². The number of nitrogens with zero attached hydrogens (tertiary/aromatic N) is 1. The summed E-state index contributed by atoms with van der Waals surface area (Å²) in [6, 6.07) is 5.26. The van der Waals surface area contributed by atoms with Crippen molar-refractivity contribution in [3.05, 3.63) is 28.2 Å². The molecule has 0 bridgehead atoms. The number of oxime groups is 1. The summed E-state index contributed by atoms with van der Waals surface area (Å²) in [4.78, 5) is 0. The molecule has 3 N–H and O–H groups in total. The fraction of sp³-hybridized carbons (Fsp3) is 0.364. The molecule has 0 fully saturated rings. The van der Waals surface area contributed by atoms with Gasteiger partial charge < -0.3 is 15.7 Å². The van der Waals surface area contributed by atoms with E-state index in [1.165, 1.54) is 0 Å². The summed E-state index contributed by atoms with van der Waals surface area (Å²) in [6.07, 6.45) is 0. The van der Waals surface area contributed by atoms with Gasteiger partial charge in [-0.2, -0.15) is 0 Å². The van der Waals surface area contributed by atoms with Crippen molar-refractivity contribution in [3.8, 4) is 5.75 Å². The molecule has 0 aliphatic rings. The second-order valence-electron chi connectivity index (χ2n) is 4.34. The number of hydrogen-bond acceptors (Lipinski definition) is 3. The van der Waals surface area contributed by atoms with Crippen LogP contribution >= 0.6 is 15.9 Å². The summed E-state index contributed by atoms with van der Waals surface area (Å²) in [5, 5.41) is 11.5. The van der Waals surface area contributed by atoms with Crippen molar-refractivity contribution in [1.82, 2.24) is 0 Å². The average Bonchev–Trinajstić information content (AvgIpc) is 2.18. The van der Waals surface area contributed by atoms with Gasteiger partial charge in [-0.05, 0) is 54.9 Å². The van der Waals surface area contributed by atoms with Crippen molar-refractivity contribution < 1.29 is 9.94 Å². The summed E-state index contributed by atoms with van der Waals surface area (Å²) in [5.41, 5.74) is 5.85. The molecule has 0 unspecified atom stereocenters. The van der Waals surface area contributed by atoms with E-state index < -0.39 is 0 Å². The molecular weight excluding hydrogens is 272 g/mol. The largest absolute Gasteiger partial charge is 0.487 e. The molecule has 0 radical (unpaired) electrons. The van der Waals surface area contributed by atoms with Gasteiger partial charge in [-0.15, -0.1) is 0 Å². The highest BCUT2D eigenvalue weighted by Crippen LogP contribution is 2.29. The Morgan fingerprint density at radius 2 is 2.06 bits per heavy atom. The summed E-state index contributed by atoms with van der Waals surface area (Å²) in [5.74, 6) is 0.796. The molecule has 16 heavy (non-hydrogen) atoms. The first-order valence-corrected chi connectivity index (χ1v) is 5.59. The Hall–Kier alpha value is -1.23. The van der Waals surface area contributed by atoms with Gasteiger partial charge in [-0.3, -0.25) is 0 Å². The van der Waals surface area contributed by atoms with Crippen LogP contribution in [0.4, 0.5) is 0 Å². The zero-order chi connectivity index (χ0) is 12.3. The molecule has 0 aliphatic heterocycles. The Balaban J connectivity index is 3.01. The predicted molar refractivity (Wildman–Crippen MR) is 67.0 cm³/mol. The van der Waals surface area contributed by atoms with Gasteiger partial charge in [0.15, 0.2) is 5.84 Å². The minimum Gasteiger partial charge on any atom is -0.487 e. The predicted octanol–water partition coefficient (Wildman–Crippen LogP) is 2.72. The van der Waals surface area contributed by atoms with Crippen LogP contribution in [0.15, 0.2) is 27.8 Å². The third kappa shape index (κ3) is 3.41. The number of ether oxygens (including phenoxy) is 1. The third-order valence-corrected chi connectivity index (χ3v) is 2.37. The highest BCUT2D eigenvalue weighted by molar-refractivity contribution is 9.10. The SMILES string of the molecule is CC(C)(C)Oc1ccc(/C(N)=N/O)cc1Br. The van der Waals surface area contributed by atoms with Crippen LogP contribution in [0.25, 0.3) is 0 Å². The molecule has 0 aromatic heterocycles. The zero-order valence-electron chi connectivity index (χ0n) is 9.49. The second kappa shape index (κ2) is 4.74. The van der Waals surface area contributed by atoms with Gasteiger partial charge in [0.2, 0.25) is 0 Å². The first-order valence-electron chi connectivity index (χ1n) is 4.80. The van der Waals surface area contributed by atoms with Crippen LogP contribution in [0.2, 0.25) is 0 Å². The normalized spacial score (nSPS) is 12.6. The van der Waals surface area contributed by atoms with Crippen LogP contribution in [-0.4, -0.2) is 16.6 Å². The molecule has 0 amide bonds. The average molecular weight is 287 g/mol. The summed E-state index contributed by atoms with van der Waals surface area (Å²) in [7, 11) is 0. The second-order valence-corrected chi connectivity index (χ2v) is 5.20. The molecule has 0 saturated heterocycles. The molecule has 88 valence electrons. The smallest absolute Gasteiger partial charge is 0.170 e. The molecule has 0 aliphatic carbocycles. The van der Waals surface area contributed by atoms with Gasteiger partial charge >= 0.3 is 0 Å². The fourth-order valence-corrected chi connectivity index (χ4v) is 1.59. The summed E-state index contributed by atoms with van der Waals surface area (Å²) < 4.78 is 6.48. The van der Waals surface area contributed by atoms with E-state index >= 15 is 0 Å². The van der Waals surface area contributed by atoms with Crippen molar-refractivity contribution in [2.24, 2.45) is 10.9 Å². The van der Waals surface area contributed by atoms with E-state index in [9.17, 15) is 0 Å². The van der Waals surface area contributed by atoms with Crippen molar-refractivity contribution in [2.75, 3.05) is 0 Å². The lowest BCUT2D eigenvalue weighted by atomic mass is 10.1. The molecule has 1 aromatic rings. The number of nitrogens with two attached hydrogens (primary N) is 1. The molecule has 0 saturated carbocycles. The maximum atomic E-state index is 8.55. The fourth-order valence-electron chi connectivity index (χ4n) is 1.13. The number of halogens is 1. The Bertz CT molecular complexity index is 411. The minimum absolute atomic E-state index is 0.0722. The van der Waals surface area contributed by atoms with Gasteiger partial charge in [-0.25, -0.2) is 0 Å². The van der Waals surface area contributed by atoms with Gasteiger partial charge in [0.1, 0.15) is 11.4 Å². The lowest BCUT2D eigenvalue weighted by Crippen LogP contribution is -2.23. The molecule has 1 rings (SSSR count). The molecule has 4 nitrogen and oxygen atoms in total. The van der Waals surface area contributed by atoms with E-state index in [4.69, 9.17) is 15.7 Å². The number of amidine groups is 1. The summed E-state index contributed by atoms with van der Waals surface area (Å²) in [6.45, 7) is 5.91. The van der Waals surface area contributed by atoms with Crippen molar-refractivity contribution in [3.63, 3.8) is 0 Å². The third-order valence-electron chi connectivity index (χ3n) is 1.75. The van der Waals surface area contributed by atoms with Gasteiger partial charge in [-0.1, -0.05) is 5.16 Å². The van der Waals surface area contributed by atoms with Gasteiger partial charge in [0, 0.05) is 5.56 Å². The molecular formula is C11H15BrN2O2. The lowest BCUT2D eigenvalue weighted by Gasteiger charge is -2.22. The maximum absolute atomic E-state index is 8.55. The standard InChI is InChI=1S/C11H15BrN2O2/c1-11(2,3)16-9-5-4-7(6-8(9)12)10(13)14-15/h4-6,15H,1-3H3,(H2,13,14). The summed E-state index contributed by atoms with van der Waals surface area (Å²) >= 11 is 3.38. The number of benzene rings is 1. The van der Waals surface area contributed by atoms with Crippen molar-refractivity contribution >= 4 is 21.8 Å². The monoisotopic (exact) mass is 286 g/mol. The topological polar surface area (TPSA) is 67.8 Å². The van der Waals surface area contributed by atoms with Crippen LogP contribution in [0.1, 0.15) is 26.3 Å². The van der Waals surface area contributed by atoms with Gasteiger partial charge in [0.25, 0.3) is 0 Å². The van der Waals surface area contributed by atoms with E-state index in [-0.39, 0.29) is 11.4 Å². The first kappa shape index (κ1) is 12.8. The Morgan fingerprint density at radius 3 is 2.50 bits per heavy atom. The number of hydrogen-bond donors (Lipinski definition) is 2. The molecule has 1 aromatic carbocycles. The maximum Gasteiger partial charge on any atom is 0.170 e. The van der Waals surface area contributed by atoms with Crippen LogP contribution in [0.5, 0.6) is 5.75 Å². The molecule has 0 atom stereocenters. The van der Waals surface area contributed by atoms with Crippen LogP contribution in [-0.2, 0) is 0 Å². The zero-order valence-corrected chi connectivity index (χ0v) is 11.1.